The second-order valence-electron chi connectivity index (χ2n) is 3.39. The largest absolute Gasteiger partial charge is 0.169 e. The molecule has 1 aromatic carbocycles. The summed E-state index contributed by atoms with van der Waals surface area (Å²) in [4.78, 5) is 2.13. The van der Waals surface area contributed by atoms with Gasteiger partial charge in [0, 0.05) is 15.6 Å². The van der Waals surface area contributed by atoms with Gasteiger partial charge in [-0.05, 0) is 5.56 Å². The number of thiol groups is 1. The normalized spacial score (nSPS) is 26.1. The lowest BCUT2D eigenvalue weighted by Crippen LogP contribution is -2.14. The Morgan fingerprint density at radius 2 is 1.53 bits per heavy atom. The number of hydrogen-bond donors (Lipinski definition) is 1. The number of thiocarbonyl (C=S) groups is 3. The summed E-state index contributed by atoms with van der Waals surface area (Å²) in [5, 5.41) is -0.0394. The Hall–Kier alpha value is -0.160. The molecule has 1 aliphatic rings. The Labute approximate surface area is 110 Å². The molecule has 0 heterocycles. The van der Waals surface area contributed by atoms with Crippen LogP contribution in [0.1, 0.15) is 11.5 Å². The van der Waals surface area contributed by atoms with E-state index in [9.17, 15) is 0 Å². The molecule has 0 saturated heterocycles. The number of benzene rings is 1. The van der Waals surface area contributed by atoms with Crippen LogP contribution in [0.15, 0.2) is 30.3 Å². The number of rotatable bonds is 1. The molecule has 0 amide bonds. The van der Waals surface area contributed by atoms with Crippen molar-refractivity contribution in [1.82, 2.24) is 0 Å². The number of hydrogen-bond acceptors (Lipinski definition) is 4. The highest BCUT2D eigenvalue weighted by atomic mass is 32.1. The molecule has 15 heavy (non-hydrogen) atoms. The van der Waals surface area contributed by atoms with Gasteiger partial charge in [-0.2, -0.15) is 12.6 Å². The van der Waals surface area contributed by atoms with Crippen LogP contribution in [0.5, 0.6) is 0 Å². The summed E-state index contributed by atoms with van der Waals surface area (Å²) < 4.78 is 0. The lowest BCUT2D eigenvalue weighted by atomic mass is 9.97. The van der Waals surface area contributed by atoms with E-state index in [1.165, 1.54) is 0 Å². The minimum absolute atomic E-state index is 0.0394. The van der Waals surface area contributed by atoms with Gasteiger partial charge < -0.3 is 0 Å². The molecular weight excluding hydrogens is 260 g/mol. The van der Waals surface area contributed by atoms with Crippen molar-refractivity contribution in [1.29, 1.82) is 0 Å². The van der Waals surface area contributed by atoms with Gasteiger partial charge in [0.15, 0.2) is 0 Å². The topological polar surface area (TPSA) is 0 Å². The summed E-state index contributed by atoms with van der Waals surface area (Å²) in [6.45, 7) is 0. The lowest BCUT2D eigenvalue weighted by Gasteiger charge is -2.13. The molecule has 76 valence electrons. The maximum atomic E-state index is 5.32. The predicted octanol–water partition coefficient (Wildman–Crippen LogP) is 3.19. The molecule has 0 nitrogen and oxygen atoms in total. The van der Waals surface area contributed by atoms with Crippen molar-refractivity contribution >= 4 is 63.9 Å². The molecule has 1 aliphatic carbocycles. The minimum atomic E-state index is -0.0394. The van der Waals surface area contributed by atoms with Gasteiger partial charge in [-0.1, -0.05) is 67.0 Å². The second-order valence-corrected chi connectivity index (χ2v) is 5.24. The quantitative estimate of drug-likeness (QED) is 0.614. The molecule has 4 heteroatoms. The van der Waals surface area contributed by atoms with Crippen LogP contribution in [0.3, 0.4) is 0 Å². The van der Waals surface area contributed by atoms with E-state index in [1.54, 1.807) is 0 Å². The Bertz CT molecular complexity index is 435. The first-order chi connectivity index (χ1) is 7.13. The van der Waals surface area contributed by atoms with E-state index in [4.69, 9.17) is 36.7 Å². The smallest absolute Gasteiger partial charge is 0.0674 e. The Morgan fingerprint density at radius 3 is 2.00 bits per heavy atom. The Balaban J connectivity index is 2.43. The van der Waals surface area contributed by atoms with Gasteiger partial charge in [-0.3, -0.25) is 0 Å². The first-order valence-corrected chi connectivity index (χ1v) is 6.22. The molecular formula is C11H8S4. The highest BCUT2D eigenvalue weighted by Crippen LogP contribution is 2.33. The third-order valence-corrected chi connectivity index (χ3v) is 4.82. The van der Waals surface area contributed by atoms with Crippen molar-refractivity contribution in [3.05, 3.63) is 35.9 Å². The third kappa shape index (κ3) is 1.91. The monoisotopic (exact) mass is 268 g/mol. The molecule has 0 spiro atoms. The first kappa shape index (κ1) is 11.3. The van der Waals surface area contributed by atoms with Crippen LogP contribution in [0, 0.1) is 0 Å². The van der Waals surface area contributed by atoms with E-state index in [0.29, 0.717) is 9.73 Å². The van der Waals surface area contributed by atoms with Crippen molar-refractivity contribution in [2.75, 3.05) is 0 Å². The molecule has 0 bridgehead atoms. The van der Waals surface area contributed by atoms with Crippen molar-refractivity contribution < 1.29 is 0 Å². The molecule has 1 fully saturated rings. The summed E-state index contributed by atoms with van der Waals surface area (Å²) in [6, 6.07) is 10.0. The van der Waals surface area contributed by atoms with Crippen LogP contribution < -0.4 is 0 Å². The summed E-state index contributed by atoms with van der Waals surface area (Å²) in [5.41, 5.74) is 1.14. The van der Waals surface area contributed by atoms with Gasteiger partial charge >= 0.3 is 0 Å². The van der Waals surface area contributed by atoms with Gasteiger partial charge in [-0.25, -0.2) is 0 Å². The van der Waals surface area contributed by atoms with E-state index >= 15 is 0 Å². The SMILES string of the molecule is S=C1C(=S)C(S)C(c2ccccc2)C1=S. The third-order valence-electron chi connectivity index (χ3n) is 2.47. The van der Waals surface area contributed by atoms with Crippen molar-refractivity contribution in [3.63, 3.8) is 0 Å². The van der Waals surface area contributed by atoms with Gasteiger partial charge in [0.25, 0.3) is 0 Å². The van der Waals surface area contributed by atoms with Crippen LogP contribution >= 0.6 is 49.3 Å². The average Bonchev–Trinajstić information content (AvgIpc) is 2.45. The molecule has 0 aromatic heterocycles. The Kier molecular flexibility index (Phi) is 3.30. The van der Waals surface area contributed by atoms with Gasteiger partial charge in [0.1, 0.15) is 0 Å². The maximum Gasteiger partial charge on any atom is 0.0674 e. The molecule has 0 radical (unpaired) electrons. The van der Waals surface area contributed by atoms with E-state index in [2.05, 4.69) is 12.6 Å². The van der Waals surface area contributed by atoms with Gasteiger partial charge in [0.2, 0.25) is 0 Å². The Morgan fingerprint density at radius 1 is 0.933 bits per heavy atom. The average molecular weight is 268 g/mol. The summed E-state index contributed by atoms with van der Waals surface area (Å²) in [5.74, 6) is 0.0736. The standard InChI is InChI=1S/C11H8S4/c12-8-7(6-4-2-1-3-5-6)9(13)11(15)10(8)14/h1-5,7-8,12H. The molecule has 2 unspecified atom stereocenters. The molecule has 0 aliphatic heterocycles. The van der Waals surface area contributed by atoms with E-state index < -0.39 is 0 Å². The van der Waals surface area contributed by atoms with Crippen LogP contribution in [-0.4, -0.2) is 19.8 Å². The summed E-state index contributed by atoms with van der Waals surface area (Å²) in [7, 11) is 0. The summed E-state index contributed by atoms with van der Waals surface area (Å²) in [6.07, 6.45) is 0. The highest BCUT2D eigenvalue weighted by Gasteiger charge is 2.38. The van der Waals surface area contributed by atoms with Crippen LogP contribution in [0.2, 0.25) is 0 Å². The van der Waals surface area contributed by atoms with Crippen molar-refractivity contribution in [3.8, 4) is 0 Å². The fourth-order valence-electron chi connectivity index (χ4n) is 1.69. The lowest BCUT2D eigenvalue weighted by molar-refractivity contribution is 1.01. The molecule has 0 N–H and O–H groups in total. The molecule has 1 saturated carbocycles. The van der Waals surface area contributed by atoms with Crippen LogP contribution in [0.4, 0.5) is 0 Å². The zero-order valence-corrected chi connectivity index (χ0v) is 11.1. The second kappa shape index (κ2) is 4.37. The van der Waals surface area contributed by atoms with Gasteiger partial charge in [-0.15, -0.1) is 0 Å². The highest BCUT2D eigenvalue weighted by molar-refractivity contribution is 7.97. The first-order valence-electron chi connectivity index (χ1n) is 4.48. The fraction of sp³-hybridized carbons (Fsp3) is 0.182. The van der Waals surface area contributed by atoms with Crippen LogP contribution in [0.25, 0.3) is 0 Å². The van der Waals surface area contributed by atoms with Crippen molar-refractivity contribution in [2.24, 2.45) is 0 Å². The zero-order valence-electron chi connectivity index (χ0n) is 7.71. The molecule has 1 aromatic rings. The minimum Gasteiger partial charge on any atom is -0.169 e. The maximum absolute atomic E-state index is 5.32. The van der Waals surface area contributed by atoms with Crippen LogP contribution in [-0.2, 0) is 0 Å². The van der Waals surface area contributed by atoms with E-state index in [0.717, 1.165) is 10.4 Å². The fourth-order valence-corrected chi connectivity index (χ4v) is 3.27. The van der Waals surface area contributed by atoms with Crippen molar-refractivity contribution in [2.45, 2.75) is 11.2 Å². The predicted molar refractivity (Wildman–Crippen MR) is 79.8 cm³/mol. The zero-order chi connectivity index (χ0) is 11.0. The summed E-state index contributed by atoms with van der Waals surface area (Å²) >= 11 is 20.2. The van der Waals surface area contributed by atoms with E-state index in [-0.39, 0.29) is 11.2 Å². The van der Waals surface area contributed by atoms with Gasteiger partial charge in [0.05, 0.1) is 10.1 Å². The molecule has 2 atom stereocenters. The van der Waals surface area contributed by atoms with E-state index in [1.807, 2.05) is 30.3 Å². The molecule has 2 rings (SSSR count).